The van der Waals surface area contributed by atoms with E-state index in [1.165, 1.54) is 13.2 Å². The van der Waals surface area contributed by atoms with Crippen LogP contribution in [-0.2, 0) is 28.4 Å². The van der Waals surface area contributed by atoms with Gasteiger partial charge in [-0.25, -0.2) is 9.59 Å². The lowest BCUT2D eigenvalue weighted by Crippen LogP contribution is -2.62. The fourth-order valence-electron chi connectivity index (χ4n) is 6.50. The maximum absolute atomic E-state index is 14.0. The Bertz CT molecular complexity index is 1880. The van der Waals surface area contributed by atoms with E-state index in [-0.39, 0.29) is 17.9 Å². The standard InChI is InChI=1S/C35H33NO12/c1-16-12-19(42-4)14-22-20(16)8-9-23(37)27(22)32(40)45-24-13-18-10-11-35(26-15-43-34(41)46-26)25(48-35)7-5-6-21(18)31(24)47-33-28(36-3)30(39)29(38)17(2)44-33/h6,8-9,12-14,17,24-26,28-31,33,36-39H,15H2,1-4H3/t17?,24-,25+,26?,28?,29?,30?,31+,33?,35-/m0/s1. The first-order chi connectivity index (χ1) is 23.0. The number of methoxy groups -OCH3 is 1. The van der Waals surface area contributed by atoms with Gasteiger partial charge in [-0.3, -0.25) is 0 Å². The van der Waals surface area contributed by atoms with Gasteiger partial charge in [0.1, 0.15) is 42.0 Å². The Labute approximate surface area is 275 Å². The molecule has 250 valence electrons. The topological polar surface area (TPSA) is 175 Å². The van der Waals surface area contributed by atoms with E-state index in [4.69, 9.17) is 33.2 Å². The summed E-state index contributed by atoms with van der Waals surface area (Å²) in [6, 6.07) is 5.74. The molecule has 3 fully saturated rings. The lowest BCUT2D eigenvalue weighted by molar-refractivity contribution is -0.273. The van der Waals surface area contributed by atoms with Crippen LogP contribution in [0.1, 0.15) is 22.8 Å². The predicted octanol–water partition coefficient (Wildman–Crippen LogP) is 1.39. The smallest absolute Gasteiger partial charge is 0.507 e. The van der Waals surface area contributed by atoms with E-state index in [1.54, 1.807) is 38.3 Å². The van der Waals surface area contributed by atoms with Crippen LogP contribution in [0.4, 0.5) is 4.79 Å². The number of aliphatic hydroxyl groups excluding tert-OH is 2. The fourth-order valence-corrected chi connectivity index (χ4v) is 6.50. The summed E-state index contributed by atoms with van der Waals surface area (Å²) in [5, 5.41) is 36.3. The van der Waals surface area contributed by atoms with Crippen molar-refractivity contribution >= 4 is 22.9 Å². The second-order valence-electron chi connectivity index (χ2n) is 12.1. The van der Waals surface area contributed by atoms with Crippen LogP contribution in [0.25, 0.3) is 10.8 Å². The zero-order chi connectivity index (χ0) is 33.9. The molecule has 0 aromatic heterocycles. The average Bonchev–Trinajstić information content (AvgIpc) is 3.39. The maximum Gasteiger partial charge on any atom is 0.508 e. The Hall–Kier alpha value is -4.60. The summed E-state index contributed by atoms with van der Waals surface area (Å²) < 4.78 is 40.0. The number of rotatable bonds is 7. The van der Waals surface area contributed by atoms with Gasteiger partial charge in [0.15, 0.2) is 24.6 Å². The summed E-state index contributed by atoms with van der Waals surface area (Å²) in [5.74, 6) is 11.4. The van der Waals surface area contributed by atoms with E-state index in [0.717, 1.165) is 10.9 Å². The van der Waals surface area contributed by atoms with Gasteiger partial charge < -0.3 is 53.8 Å². The lowest BCUT2D eigenvalue weighted by Gasteiger charge is -2.42. The maximum atomic E-state index is 14.0. The van der Waals surface area contributed by atoms with Crippen molar-refractivity contribution in [3.8, 4) is 35.2 Å². The minimum absolute atomic E-state index is 0.0490. The van der Waals surface area contributed by atoms with Crippen molar-refractivity contribution in [2.75, 3.05) is 20.8 Å². The summed E-state index contributed by atoms with van der Waals surface area (Å²) in [4.78, 5) is 25.7. The number of phenolic OH excluding ortho intramolecular Hbond substituents is 1. The number of fused-ring (bicyclic) bond motifs is 3. The largest absolute Gasteiger partial charge is 0.508 e. The number of aromatic hydroxyl groups is 1. The third kappa shape index (κ3) is 5.35. The number of ether oxygens (including phenoxy) is 7. The van der Waals surface area contributed by atoms with Crippen molar-refractivity contribution in [1.29, 1.82) is 0 Å². The molecule has 4 N–H and O–H groups in total. The molecule has 2 aromatic rings. The third-order valence-corrected chi connectivity index (χ3v) is 9.23. The lowest BCUT2D eigenvalue weighted by atomic mass is 9.97. The van der Waals surface area contributed by atoms with Crippen LogP contribution in [0.5, 0.6) is 11.5 Å². The van der Waals surface area contributed by atoms with E-state index in [1.807, 2.05) is 13.0 Å². The Balaban J connectivity index is 1.27. The van der Waals surface area contributed by atoms with Gasteiger partial charge in [0.25, 0.3) is 0 Å². The SMILES string of the molecule is CNC1C(O[C@@H]2C3=CC#C[C@H]4O[C@@]4(C4COC(=O)O4)C#CC3=C[C@@H]2OC(=O)c2c(O)ccc3c(C)cc(OC)cc23)OC(C)C(O)C1O. The van der Waals surface area contributed by atoms with E-state index >= 15 is 0 Å². The highest BCUT2D eigenvalue weighted by molar-refractivity contribution is 6.08. The number of allylic oxidation sites excluding steroid dienone is 1. The molecule has 3 aliphatic heterocycles. The van der Waals surface area contributed by atoms with Crippen LogP contribution < -0.4 is 10.1 Å². The minimum atomic E-state index is -1.24. The number of hydrogen-bond donors (Lipinski definition) is 4. The number of aliphatic hydroxyl groups is 2. The van der Waals surface area contributed by atoms with Crippen LogP contribution >= 0.6 is 0 Å². The van der Waals surface area contributed by atoms with Crippen LogP contribution in [-0.4, -0.2) is 109 Å². The molecule has 13 heteroatoms. The molecule has 0 saturated carbocycles. The number of phenols is 1. The molecular formula is C35H33NO12. The molecule has 2 aromatic carbocycles. The molecule has 2 aliphatic carbocycles. The number of esters is 1. The summed E-state index contributed by atoms with van der Waals surface area (Å²) in [5.41, 5.74) is 0.400. The Morgan fingerprint density at radius 1 is 1.17 bits per heavy atom. The molecular weight excluding hydrogens is 626 g/mol. The van der Waals surface area contributed by atoms with Crippen molar-refractivity contribution in [1.82, 2.24) is 5.32 Å². The number of nitrogens with one attached hydrogen (secondary N) is 1. The number of hydrogen-bond acceptors (Lipinski definition) is 13. The van der Waals surface area contributed by atoms with Crippen LogP contribution in [0.3, 0.4) is 0 Å². The number of aryl methyl sites for hydroxylation is 1. The molecule has 10 atom stereocenters. The van der Waals surface area contributed by atoms with E-state index in [0.29, 0.717) is 22.3 Å². The predicted molar refractivity (Wildman–Crippen MR) is 166 cm³/mol. The molecule has 0 radical (unpaired) electrons. The van der Waals surface area contributed by atoms with E-state index < -0.39 is 72.8 Å². The van der Waals surface area contributed by atoms with Gasteiger partial charge in [0.2, 0.25) is 5.60 Å². The molecule has 3 saturated heterocycles. The quantitative estimate of drug-likeness (QED) is 0.191. The van der Waals surface area contributed by atoms with Gasteiger partial charge in [-0.1, -0.05) is 29.7 Å². The summed E-state index contributed by atoms with van der Waals surface area (Å²) in [7, 11) is 3.10. The number of cyclic esters (lactones) is 2. The molecule has 0 spiro atoms. The normalized spacial score (nSPS) is 34.6. The molecule has 3 heterocycles. The fraction of sp³-hybridized carbons (Fsp3) is 0.429. The van der Waals surface area contributed by atoms with Crippen molar-refractivity contribution in [2.24, 2.45) is 0 Å². The minimum Gasteiger partial charge on any atom is -0.507 e. The summed E-state index contributed by atoms with van der Waals surface area (Å²) in [6.07, 6.45) is -5.56. The zero-order valence-electron chi connectivity index (χ0n) is 26.4. The third-order valence-electron chi connectivity index (χ3n) is 9.23. The molecule has 0 amide bonds. The highest BCUT2D eigenvalue weighted by Gasteiger charge is 2.65. The van der Waals surface area contributed by atoms with Crippen LogP contribution in [0.15, 0.2) is 47.6 Å². The van der Waals surface area contributed by atoms with Crippen LogP contribution in [0, 0.1) is 30.6 Å². The number of carbonyl (C=O) groups is 2. The van der Waals surface area contributed by atoms with Gasteiger partial charge in [-0.05, 0) is 62.2 Å². The highest BCUT2D eigenvalue weighted by atomic mass is 16.8. The molecule has 5 aliphatic rings. The number of epoxide rings is 1. The second kappa shape index (κ2) is 12.1. The monoisotopic (exact) mass is 659 g/mol. The van der Waals surface area contributed by atoms with E-state index in [2.05, 4.69) is 29.0 Å². The summed E-state index contributed by atoms with van der Waals surface area (Å²) in [6.45, 7) is 3.42. The highest BCUT2D eigenvalue weighted by Crippen LogP contribution is 2.44. The van der Waals surface area contributed by atoms with Crippen LogP contribution in [0.2, 0.25) is 0 Å². The first-order valence-corrected chi connectivity index (χ1v) is 15.4. The number of likely N-dealkylation sites (N-methyl/N-ethyl adjacent to an activating group) is 1. The first kappa shape index (κ1) is 32.0. The van der Waals surface area contributed by atoms with Gasteiger partial charge in [-0.2, -0.15) is 0 Å². The molecule has 6 unspecified atom stereocenters. The average molecular weight is 660 g/mol. The molecule has 7 rings (SSSR count). The van der Waals surface area contributed by atoms with Crippen molar-refractivity contribution < 1.29 is 58.1 Å². The van der Waals surface area contributed by atoms with Crippen molar-refractivity contribution in [3.05, 3.63) is 58.7 Å². The molecule has 13 nitrogen and oxygen atoms in total. The Kier molecular flexibility index (Phi) is 8.08. The number of benzene rings is 2. The van der Waals surface area contributed by atoms with Gasteiger partial charge >= 0.3 is 12.1 Å². The van der Waals surface area contributed by atoms with Crippen molar-refractivity contribution in [3.63, 3.8) is 0 Å². The van der Waals surface area contributed by atoms with Gasteiger partial charge in [0.05, 0.1) is 19.3 Å². The Morgan fingerprint density at radius 3 is 2.71 bits per heavy atom. The molecule has 0 bridgehead atoms. The second-order valence-corrected chi connectivity index (χ2v) is 12.1. The van der Waals surface area contributed by atoms with E-state index in [9.17, 15) is 24.9 Å². The van der Waals surface area contributed by atoms with Crippen molar-refractivity contribution in [2.45, 2.75) is 74.5 Å². The molecule has 48 heavy (non-hydrogen) atoms. The van der Waals surface area contributed by atoms with Gasteiger partial charge in [-0.15, -0.1) is 0 Å². The Morgan fingerprint density at radius 2 is 1.98 bits per heavy atom. The summed E-state index contributed by atoms with van der Waals surface area (Å²) >= 11 is 0. The number of carbonyl (C=O) groups excluding carboxylic acids is 2. The van der Waals surface area contributed by atoms with Gasteiger partial charge in [0, 0.05) is 16.5 Å². The zero-order valence-corrected chi connectivity index (χ0v) is 26.4. The first-order valence-electron chi connectivity index (χ1n) is 15.4.